The Bertz CT molecular complexity index is 1480. The number of ether oxygens (including phenoxy) is 1. The van der Waals surface area contributed by atoms with Crippen molar-refractivity contribution in [2.24, 2.45) is 0 Å². The van der Waals surface area contributed by atoms with Crippen LogP contribution in [0.15, 0.2) is 48.0 Å². The number of rotatable bonds is 4. The molecule has 8 nitrogen and oxygen atoms in total. The summed E-state index contributed by atoms with van der Waals surface area (Å²) >= 11 is 6.19. The predicted octanol–water partition coefficient (Wildman–Crippen LogP) is 4.82. The van der Waals surface area contributed by atoms with Crippen molar-refractivity contribution >= 4 is 47.2 Å². The van der Waals surface area contributed by atoms with E-state index in [-0.39, 0.29) is 5.57 Å². The molecule has 0 bridgehead atoms. The molecule has 9 heteroatoms. The lowest BCUT2D eigenvalue weighted by molar-refractivity contribution is -0.122. The van der Waals surface area contributed by atoms with Crippen LogP contribution in [0, 0.1) is 27.7 Å². The molecule has 1 aromatic heterocycles. The molecule has 2 heterocycles. The van der Waals surface area contributed by atoms with Crippen LogP contribution in [0.3, 0.4) is 0 Å². The van der Waals surface area contributed by atoms with Gasteiger partial charge in [0.05, 0.1) is 18.4 Å². The maximum absolute atomic E-state index is 13.4. The summed E-state index contributed by atoms with van der Waals surface area (Å²) < 4.78 is 6.77. The fourth-order valence-corrected chi connectivity index (χ4v) is 4.50. The molecule has 36 heavy (non-hydrogen) atoms. The van der Waals surface area contributed by atoms with Crippen LogP contribution >= 0.6 is 11.6 Å². The Balaban J connectivity index is 1.77. The molecule has 0 saturated carbocycles. The normalized spacial score (nSPS) is 14.9. The monoisotopic (exact) mass is 505 g/mol. The van der Waals surface area contributed by atoms with Gasteiger partial charge in [-0.3, -0.25) is 14.9 Å². The molecule has 1 aliphatic rings. The number of imide groups is 2. The van der Waals surface area contributed by atoms with E-state index in [1.54, 1.807) is 37.3 Å². The average Bonchev–Trinajstić information content (AvgIpc) is 3.11. The second kappa shape index (κ2) is 9.47. The fourth-order valence-electron chi connectivity index (χ4n) is 4.33. The average molecular weight is 506 g/mol. The third kappa shape index (κ3) is 4.20. The minimum Gasteiger partial charge on any atom is -0.465 e. The van der Waals surface area contributed by atoms with Gasteiger partial charge in [0.2, 0.25) is 0 Å². The third-order valence-corrected chi connectivity index (χ3v) is 6.62. The van der Waals surface area contributed by atoms with Crippen molar-refractivity contribution in [1.82, 2.24) is 9.88 Å². The van der Waals surface area contributed by atoms with Gasteiger partial charge in [0.25, 0.3) is 11.8 Å². The summed E-state index contributed by atoms with van der Waals surface area (Å²) in [7, 11) is 1.33. The van der Waals surface area contributed by atoms with Crippen molar-refractivity contribution in [2.75, 3.05) is 12.0 Å². The van der Waals surface area contributed by atoms with Crippen LogP contribution in [0.1, 0.15) is 38.4 Å². The van der Waals surface area contributed by atoms with Crippen LogP contribution in [-0.4, -0.2) is 35.5 Å². The smallest absolute Gasteiger partial charge is 0.337 e. The van der Waals surface area contributed by atoms with Crippen LogP contribution in [0.2, 0.25) is 5.02 Å². The highest BCUT2D eigenvalue weighted by Gasteiger charge is 2.37. The van der Waals surface area contributed by atoms with Crippen molar-refractivity contribution in [3.05, 3.63) is 86.7 Å². The van der Waals surface area contributed by atoms with Crippen molar-refractivity contribution in [3.8, 4) is 5.69 Å². The standard InChI is InChI=1S/C27H24ClN3O5/c1-14-11-18(26(34)36-5)9-10-22(14)30-15(2)12-19(17(30)4)13-20-24(32)29-27(35)31(25(20)33)23-8-6-7-21(28)16(23)3/h6-13H,1-5H3,(H,29,32,35)/b20-13+. The highest BCUT2D eigenvalue weighted by atomic mass is 35.5. The number of hydrogen-bond donors (Lipinski definition) is 1. The molecule has 4 amide bonds. The largest absolute Gasteiger partial charge is 0.465 e. The van der Waals surface area contributed by atoms with Gasteiger partial charge < -0.3 is 9.30 Å². The number of hydrogen-bond acceptors (Lipinski definition) is 5. The highest BCUT2D eigenvalue weighted by Crippen LogP contribution is 2.31. The van der Waals surface area contributed by atoms with E-state index in [0.29, 0.717) is 27.4 Å². The second-order valence-electron chi connectivity index (χ2n) is 8.50. The van der Waals surface area contributed by atoms with Gasteiger partial charge in [-0.05, 0) is 86.9 Å². The quantitative estimate of drug-likeness (QED) is 0.311. The minimum absolute atomic E-state index is 0.174. The molecule has 1 N–H and O–H groups in total. The Morgan fingerprint density at radius 1 is 1.00 bits per heavy atom. The number of aromatic nitrogens is 1. The summed E-state index contributed by atoms with van der Waals surface area (Å²) in [5.74, 6) is -1.94. The lowest BCUT2D eigenvalue weighted by atomic mass is 10.1. The zero-order chi connectivity index (χ0) is 26.3. The molecule has 184 valence electrons. The SMILES string of the molecule is COC(=O)c1ccc(-n2c(C)cc(/C=C3\C(=O)NC(=O)N(c4cccc(Cl)c4C)C3=O)c2C)c(C)c1. The number of esters is 1. The van der Waals surface area contributed by atoms with Crippen LogP contribution in [0.4, 0.5) is 10.5 Å². The molecule has 3 aromatic rings. The molecule has 2 aromatic carbocycles. The number of benzene rings is 2. The van der Waals surface area contributed by atoms with Crippen molar-refractivity contribution in [2.45, 2.75) is 27.7 Å². The highest BCUT2D eigenvalue weighted by molar-refractivity contribution is 6.40. The number of carbonyl (C=O) groups is 4. The summed E-state index contributed by atoms with van der Waals surface area (Å²) in [4.78, 5) is 51.4. The van der Waals surface area contributed by atoms with Gasteiger partial charge in [0.15, 0.2) is 0 Å². The molecular formula is C27H24ClN3O5. The first-order chi connectivity index (χ1) is 17.0. The topological polar surface area (TPSA) is 97.7 Å². The molecule has 1 saturated heterocycles. The number of carbonyl (C=O) groups excluding carboxylic acids is 4. The molecule has 1 fully saturated rings. The van der Waals surface area contributed by atoms with Crippen LogP contribution in [-0.2, 0) is 14.3 Å². The molecule has 4 rings (SSSR count). The van der Waals surface area contributed by atoms with Gasteiger partial charge in [0.1, 0.15) is 5.57 Å². The predicted molar refractivity (Wildman–Crippen MR) is 137 cm³/mol. The van der Waals surface area contributed by atoms with E-state index in [9.17, 15) is 19.2 Å². The maximum atomic E-state index is 13.4. The zero-order valence-electron chi connectivity index (χ0n) is 20.4. The molecular weight excluding hydrogens is 482 g/mol. The first kappa shape index (κ1) is 24.9. The van der Waals surface area contributed by atoms with E-state index >= 15 is 0 Å². The lowest BCUT2D eigenvalue weighted by Gasteiger charge is -2.27. The summed E-state index contributed by atoms with van der Waals surface area (Å²) in [5, 5.41) is 2.64. The Kier molecular flexibility index (Phi) is 6.56. The number of barbiturate groups is 1. The first-order valence-corrected chi connectivity index (χ1v) is 11.5. The van der Waals surface area contributed by atoms with Gasteiger partial charge >= 0.3 is 12.0 Å². The van der Waals surface area contributed by atoms with E-state index in [4.69, 9.17) is 16.3 Å². The third-order valence-electron chi connectivity index (χ3n) is 6.21. The summed E-state index contributed by atoms with van der Waals surface area (Å²) in [6.45, 7) is 7.34. The van der Waals surface area contributed by atoms with Crippen molar-refractivity contribution in [1.29, 1.82) is 0 Å². The minimum atomic E-state index is -0.834. The van der Waals surface area contributed by atoms with Gasteiger partial charge in [-0.1, -0.05) is 17.7 Å². The second-order valence-corrected chi connectivity index (χ2v) is 8.90. The number of methoxy groups -OCH3 is 1. The molecule has 0 spiro atoms. The number of aryl methyl sites for hydroxylation is 2. The maximum Gasteiger partial charge on any atom is 0.337 e. The first-order valence-electron chi connectivity index (χ1n) is 11.1. The Hall–Kier alpha value is -4.17. The van der Waals surface area contributed by atoms with E-state index in [1.165, 1.54) is 13.2 Å². The summed E-state index contributed by atoms with van der Waals surface area (Å²) in [5.41, 5.74) is 5.07. The summed E-state index contributed by atoms with van der Waals surface area (Å²) in [6, 6.07) is 11.1. The molecule has 1 aliphatic heterocycles. The molecule has 0 unspecified atom stereocenters. The van der Waals surface area contributed by atoms with Crippen molar-refractivity contribution < 1.29 is 23.9 Å². The van der Waals surface area contributed by atoms with E-state index < -0.39 is 23.8 Å². The number of halogens is 1. The Morgan fingerprint density at radius 2 is 1.72 bits per heavy atom. The van der Waals surface area contributed by atoms with E-state index in [2.05, 4.69) is 5.32 Å². The lowest BCUT2D eigenvalue weighted by Crippen LogP contribution is -2.54. The zero-order valence-corrected chi connectivity index (χ0v) is 21.2. The van der Waals surface area contributed by atoms with Gasteiger partial charge in [-0.15, -0.1) is 0 Å². The van der Waals surface area contributed by atoms with Crippen LogP contribution in [0.25, 0.3) is 11.8 Å². The van der Waals surface area contributed by atoms with Gasteiger partial charge in [-0.25, -0.2) is 14.5 Å². The molecule has 0 aliphatic carbocycles. The fraction of sp³-hybridized carbons (Fsp3) is 0.185. The Morgan fingerprint density at radius 3 is 2.39 bits per heavy atom. The van der Waals surface area contributed by atoms with Crippen LogP contribution in [0.5, 0.6) is 0 Å². The van der Waals surface area contributed by atoms with Gasteiger partial charge in [-0.2, -0.15) is 0 Å². The number of nitrogens with zero attached hydrogens (tertiary/aromatic N) is 2. The van der Waals surface area contributed by atoms with Crippen LogP contribution < -0.4 is 10.2 Å². The van der Waals surface area contributed by atoms with Crippen molar-refractivity contribution in [3.63, 3.8) is 0 Å². The van der Waals surface area contributed by atoms with E-state index in [1.807, 2.05) is 37.5 Å². The Labute approximate surface area is 213 Å². The number of anilines is 1. The summed E-state index contributed by atoms with van der Waals surface area (Å²) in [6.07, 6.45) is 1.48. The molecule has 0 radical (unpaired) electrons. The molecule has 0 atom stereocenters. The van der Waals surface area contributed by atoms with E-state index in [0.717, 1.165) is 27.5 Å². The number of urea groups is 1. The number of nitrogens with one attached hydrogen (secondary N) is 1. The number of amides is 4. The van der Waals surface area contributed by atoms with Gasteiger partial charge in [0, 0.05) is 22.1 Å².